The van der Waals surface area contributed by atoms with Gasteiger partial charge in [0.25, 0.3) is 0 Å². The highest BCUT2D eigenvalue weighted by atomic mass is 15.0. The number of fused-ring (bicyclic) bond motifs is 6. The van der Waals surface area contributed by atoms with E-state index in [0.29, 0.717) is 6.67 Å². The Kier molecular flexibility index (Phi) is 8.86. The summed E-state index contributed by atoms with van der Waals surface area (Å²) in [5.41, 5.74) is 13.8. The quantitative estimate of drug-likeness (QED) is 0.158. The van der Waals surface area contributed by atoms with Crippen LogP contribution in [0.25, 0.3) is 88.2 Å². The Morgan fingerprint density at radius 2 is 1.05 bits per heavy atom. The van der Waals surface area contributed by atoms with Crippen molar-refractivity contribution in [2.24, 2.45) is 4.99 Å². The van der Waals surface area contributed by atoms with Crippen LogP contribution in [-0.2, 0) is 0 Å². The van der Waals surface area contributed by atoms with Crippen LogP contribution in [0.2, 0.25) is 0 Å². The van der Waals surface area contributed by atoms with Crippen molar-refractivity contribution in [3.05, 3.63) is 212 Å². The fourth-order valence-corrected chi connectivity index (χ4v) is 8.60. The second kappa shape index (κ2) is 15.1. The van der Waals surface area contributed by atoms with E-state index in [9.17, 15) is 0 Å². The van der Waals surface area contributed by atoms with Gasteiger partial charge in [-0.05, 0) is 126 Å². The summed E-state index contributed by atoms with van der Waals surface area (Å²) in [6.07, 6.45) is 15.5. The van der Waals surface area contributed by atoms with Crippen LogP contribution in [0.4, 0.5) is 0 Å². The van der Waals surface area contributed by atoms with E-state index in [4.69, 9.17) is 4.98 Å². The topological polar surface area (TPSA) is 75.1 Å². The molecule has 0 amide bonds. The van der Waals surface area contributed by atoms with E-state index in [1.54, 1.807) is 6.33 Å². The molecule has 0 spiro atoms. The molecule has 284 valence electrons. The van der Waals surface area contributed by atoms with Crippen LogP contribution in [0, 0.1) is 0 Å². The summed E-state index contributed by atoms with van der Waals surface area (Å²) in [6, 6.07) is 55.1. The number of rotatable bonds is 7. The molecule has 1 atom stereocenters. The van der Waals surface area contributed by atoms with Crippen LogP contribution >= 0.6 is 0 Å². The molecule has 0 saturated heterocycles. The predicted molar refractivity (Wildman–Crippen MR) is 248 cm³/mol. The normalized spacial score (nSPS) is 14.8. The fraction of sp³-hybridized carbons (Fsp3) is 0.0370. The molecule has 2 aromatic heterocycles. The van der Waals surface area contributed by atoms with Crippen molar-refractivity contribution in [3.8, 4) is 44.6 Å². The third kappa shape index (κ3) is 6.60. The van der Waals surface area contributed by atoms with Gasteiger partial charge in [0.1, 0.15) is 13.0 Å². The minimum Gasteiger partial charge on any atom is -0.374 e. The molecule has 0 radical (unpaired) electrons. The fourth-order valence-electron chi connectivity index (χ4n) is 8.60. The van der Waals surface area contributed by atoms with Crippen molar-refractivity contribution >= 4 is 49.8 Å². The van der Waals surface area contributed by atoms with Crippen molar-refractivity contribution in [3.63, 3.8) is 0 Å². The second-order valence-corrected chi connectivity index (χ2v) is 15.3. The molecule has 9 aromatic rings. The predicted octanol–water partition coefficient (Wildman–Crippen LogP) is 12.2. The summed E-state index contributed by atoms with van der Waals surface area (Å²) in [5.74, 6) is 0. The maximum Gasteiger partial charge on any atom is 0.115 e. The number of nitrogens with zero attached hydrogens (tertiary/aromatic N) is 4. The van der Waals surface area contributed by atoms with Gasteiger partial charge < -0.3 is 10.6 Å². The van der Waals surface area contributed by atoms with Gasteiger partial charge >= 0.3 is 0 Å². The van der Waals surface area contributed by atoms with E-state index in [1.165, 1.54) is 37.9 Å². The highest BCUT2D eigenvalue weighted by molar-refractivity contribution is 6.25. The molecule has 0 bridgehead atoms. The first-order chi connectivity index (χ1) is 29.7. The molecule has 0 fully saturated rings. The van der Waals surface area contributed by atoms with E-state index in [-0.39, 0.29) is 6.04 Å². The maximum atomic E-state index is 5.06. The Bertz CT molecular complexity index is 3220. The van der Waals surface area contributed by atoms with Crippen LogP contribution in [-0.4, -0.2) is 27.8 Å². The summed E-state index contributed by atoms with van der Waals surface area (Å²) in [4.78, 5) is 18.0. The molecule has 0 saturated carbocycles. The number of hydrogen-bond acceptors (Lipinski definition) is 6. The maximum absolute atomic E-state index is 5.06. The lowest BCUT2D eigenvalue weighted by molar-refractivity contribution is 0.753. The standard InChI is InChI=1S/C54H38N6/c1-2-15-47-45(13-1)46-14-3-4-16-48(46)50-28-37(21-22-49(47)50)42-26-40(35-9-5-11-38(23-35)51-17-7-19-53(59-51)43-29-55-33-56-30-43)25-41(27-42)36-10-6-12-39(24-36)52-18-8-20-54(60-52)44-31-57-34-58-32-44/h1-33,53,57,59H,34H2. The average molecular weight is 771 g/mol. The number of allylic oxidation sites excluding steroid dienone is 3. The smallest absolute Gasteiger partial charge is 0.115 e. The molecule has 2 aliphatic rings. The van der Waals surface area contributed by atoms with Gasteiger partial charge in [-0.3, -0.25) is 4.99 Å². The number of dihydropyridines is 1. The van der Waals surface area contributed by atoms with E-state index < -0.39 is 0 Å². The summed E-state index contributed by atoms with van der Waals surface area (Å²) in [6.45, 7) is 0.583. The lowest BCUT2D eigenvalue weighted by atomic mass is 9.89. The average Bonchev–Trinajstić information content (AvgIpc) is 3.34. The third-order valence-electron chi connectivity index (χ3n) is 11.5. The molecule has 1 unspecified atom stereocenters. The van der Waals surface area contributed by atoms with Gasteiger partial charge in [-0.25, -0.2) is 15.0 Å². The Morgan fingerprint density at radius 3 is 1.73 bits per heavy atom. The zero-order valence-corrected chi connectivity index (χ0v) is 32.6. The zero-order chi connectivity index (χ0) is 39.8. The Balaban J connectivity index is 1.05. The first kappa shape index (κ1) is 35.2. The molecule has 60 heavy (non-hydrogen) atoms. The van der Waals surface area contributed by atoms with Crippen LogP contribution in [0.15, 0.2) is 200 Å². The van der Waals surface area contributed by atoms with Crippen LogP contribution in [0.5, 0.6) is 0 Å². The molecule has 4 heterocycles. The summed E-state index contributed by atoms with van der Waals surface area (Å²) in [5, 5.41) is 14.5. The van der Waals surface area contributed by atoms with Gasteiger partial charge in [0, 0.05) is 47.2 Å². The van der Waals surface area contributed by atoms with E-state index in [0.717, 1.165) is 67.2 Å². The number of benzene rings is 7. The molecule has 7 aromatic carbocycles. The van der Waals surface area contributed by atoms with E-state index in [2.05, 4.69) is 189 Å². The van der Waals surface area contributed by atoms with Gasteiger partial charge in [0.05, 0.1) is 17.4 Å². The first-order valence-corrected chi connectivity index (χ1v) is 20.2. The largest absolute Gasteiger partial charge is 0.374 e. The Hall–Kier alpha value is -7.96. The summed E-state index contributed by atoms with van der Waals surface area (Å²) in [7, 11) is 0. The van der Waals surface area contributed by atoms with E-state index >= 15 is 0 Å². The molecule has 0 aliphatic carbocycles. The van der Waals surface area contributed by atoms with Crippen molar-refractivity contribution in [1.29, 1.82) is 0 Å². The van der Waals surface area contributed by atoms with Crippen molar-refractivity contribution in [2.45, 2.75) is 6.04 Å². The van der Waals surface area contributed by atoms with Crippen molar-refractivity contribution in [2.75, 3.05) is 6.67 Å². The van der Waals surface area contributed by atoms with Crippen molar-refractivity contribution in [1.82, 2.24) is 25.6 Å². The van der Waals surface area contributed by atoms with Gasteiger partial charge in [-0.1, -0.05) is 115 Å². The van der Waals surface area contributed by atoms with Crippen LogP contribution in [0.3, 0.4) is 0 Å². The number of pyridine rings is 1. The first-order valence-electron chi connectivity index (χ1n) is 20.2. The third-order valence-corrected chi connectivity index (χ3v) is 11.5. The lowest BCUT2D eigenvalue weighted by Crippen LogP contribution is -2.20. The molecule has 2 N–H and O–H groups in total. The number of aliphatic imine (C=N–C) groups is 1. The minimum absolute atomic E-state index is 0.0162. The zero-order valence-electron chi connectivity index (χ0n) is 32.6. The number of aromatic nitrogens is 3. The molecule has 2 aliphatic heterocycles. The number of hydrogen-bond donors (Lipinski definition) is 2. The van der Waals surface area contributed by atoms with E-state index in [1.807, 2.05) is 30.9 Å². The molecular weight excluding hydrogens is 733 g/mol. The highest BCUT2D eigenvalue weighted by Crippen LogP contribution is 2.40. The van der Waals surface area contributed by atoms with Crippen LogP contribution in [0.1, 0.15) is 22.9 Å². The van der Waals surface area contributed by atoms with Gasteiger partial charge in [-0.2, -0.15) is 0 Å². The second-order valence-electron chi connectivity index (χ2n) is 15.3. The van der Waals surface area contributed by atoms with Crippen molar-refractivity contribution < 1.29 is 0 Å². The van der Waals surface area contributed by atoms with Gasteiger partial charge in [0.2, 0.25) is 0 Å². The van der Waals surface area contributed by atoms with Crippen LogP contribution < -0.4 is 10.6 Å². The highest BCUT2D eigenvalue weighted by Gasteiger charge is 2.17. The number of nitrogens with one attached hydrogen (secondary N) is 2. The molecule has 11 rings (SSSR count). The molecule has 6 nitrogen and oxygen atoms in total. The van der Waals surface area contributed by atoms with Gasteiger partial charge in [-0.15, -0.1) is 0 Å². The Morgan fingerprint density at radius 1 is 0.483 bits per heavy atom. The summed E-state index contributed by atoms with van der Waals surface area (Å²) < 4.78 is 0. The molecular formula is C54H38N6. The molecule has 6 heteroatoms. The monoisotopic (exact) mass is 770 g/mol. The van der Waals surface area contributed by atoms with Gasteiger partial charge in [0.15, 0.2) is 0 Å². The SMILES string of the molecule is C1=CC(c2cncnc2)NC(c2cccc(-c3cc(-c4cccc(-c5cccc(C6=CNCN=C6)n5)c4)cc(-c4ccc5c6ccccc6c6ccccc6c5c4)c3)c2)=C1. The lowest BCUT2D eigenvalue weighted by Gasteiger charge is -2.22. The Labute approximate surface area is 348 Å². The minimum atomic E-state index is -0.0162. The summed E-state index contributed by atoms with van der Waals surface area (Å²) >= 11 is 0.